The Morgan fingerprint density at radius 2 is 1.87 bits per heavy atom. The van der Waals surface area contributed by atoms with Crippen LogP contribution in [-0.2, 0) is 11.2 Å². The molecule has 2 N–H and O–H groups in total. The molecule has 7 nitrogen and oxygen atoms in total. The number of nitrogens with one attached hydrogen (secondary N) is 2. The van der Waals surface area contributed by atoms with E-state index in [1.807, 2.05) is 20.8 Å². The summed E-state index contributed by atoms with van der Waals surface area (Å²) in [7, 11) is 0. The van der Waals surface area contributed by atoms with Gasteiger partial charge in [0, 0.05) is 44.6 Å². The van der Waals surface area contributed by atoms with Gasteiger partial charge in [-0.15, -0.1) is 24.0 Å². The quantitative estimate of drug-likeness (QED) is 0.279. The first kappa shape index (κ1) is 25.9. The van der Waals surface area contributed by atoms with E-state index in [0.717, 1.165) is 30.9 Å². The summed E-state index contributed by atoms with van der Waals surface area (Å²) in [6, 6.07) is 6.03. The molecule has 1 aromatic carbocycles. The second kappa shape index (κ2) is 13.9. The maximum Gasteiger partial charge on any atom is 0.226 e. The molecule has 0 unspecified atom stereocenters. The van der Waals surface area contributed by atoms with Gasteiger partial charge in [-0.25, -0.2) is 9.37 Å². The highest BCUT2D eigenvalue weighted by molar-refractivity contribution is 14.0. The number of benzene rings is 1. The molecular formula is C21H31FIN5O2. The van der Waals surface area contributed by atoms with Gasteiger partial charge in [-0.3, -0.25) is 9.79 Å². The lowest BCUT2D eigenvalue weighted by molar-refractivity contribution is -0.130. The van der Waals surface area contributed by atoms with Crippen molar-refractivity contribution in [3.05, 3.63) is 42.0 Å². The zero-order valence-corrected chi connectivity index (χ0v) is 20.1. The second-order valence-corrected chi connectivity index (χ2v) is 6.40. The summed E-state index contributed by atoms with van der Waals surface area (Å²) >= 11 is 0. The van der Waals surface area contributed by atoms with Gasteiger partial charge in [0.15, 0.2) is 5.96 Å². The van der Waals surface area contributed by atoms with Gasteiger partial charge in [-0.05, 0) is 45.0 Å². The highest BCUT2D eigenvalue weighted by Crippen LogP contribution is 2.18. The summed E-state index contributed by atoms with van der Waals surface area (Å²) in [5.41, 5.74) is 1.53. The lowest BCUT2D eigenvalue weighted by atomic mass is 10.2. The van der Waals surface area contributed by atoms with Crippen molar-refractivity contribution >= 4 is 35.8 Å². The zero-order chi connectivity index (χ0) is 21.1. The van der Waals surface area contributed by atoms with Crippen molar-refractivity contribution in [3.63, 3.8) is 0 Å². The SMILES string of the molecule is CCNC(=NCCC(=O)N(CC)CC)NCCc1coc(-c2ccc(F)cc2)n1.I. The lowest BCUT2D eigenvalue weighted by Gasteiger charge is -2.18. The lowest BCUT2D eigenvalue weighted by Crippen LogP contribution is -2.38. The van der Waals surface area contributed by atoms with Crippen LogP contribution in [0, 0.1) is 5.82 Å². The predicted octanol–water partition coefficient (Wildman–Crippen LogP) is 3.45. The van der Waals surface area contributed by atoms with Gasteiger partial charge >= 0.3 is 0 Å². The van der Waals surface area contributed by atoms with Crippen LogP contribution in [-0.4, -0.2) is 54.5 Å². The Labute approximate surface area is 194 Å². The van der Waals surface area contributed by atoms with Crippen LogP contribution in [0.2, 0.25) is 0 Å². The Morgan fingerprint density at radius 3 is 2.50 bits per heavy atom. The molecule has 1 aromatic heterocycles. The average Bonchev–Trinajstić information content (AvgIpc) is 3.18. The van der Waals surface area contributed by atoms with Crippen LogP contribution < -0.4 is 10.6 Å². The predicted molar refractivity (Wildman–Crippen MR) is 128 cm³/mol. The fraction of sp³-hybridized carbons (Fsp3) is 0.476. The minimum absolute atomic E-state index is 0. The minimum atomic E-state index is -0.293. The number of aromatic nitrogens is 1. The molecule has 0 atom stereocenters. The summed E-state index contributed by atoms with van der Waals surface area (Å²) in [5, 5.41) is 6.41. The molecule has 0 radical (unpaired) electrons. The summed E-state index contributed by atoms with van der Waals surface area (Å²) in [6.45, 7) is 9.15. The third kappa shape index (κ3) is 8.29. The van der Waals surface area contributed by atoms with Crippen LogP contribution >= 0.6 is 24.0 Å². The monoisotopic (exact) mass is 531 g/mol. The number of nitrogens with zero attached hydrogens (tertiary/aromatic N) is 3. The van der Waals surface area contributed by atoms with Crippen LogP contribution in [0.15, 0.2) is 39.9 Å². The molecule has 2 aromatic rings. The molecule has 1 heterocycles. The van der Waals surface area contributed by atoms with E-state index in [1.54, 1.807) is 23.3 Å². The van der Waals surface area contributed by atoms with Gasteiger partial charge in [0.1, 0.15) is 12.1 Å². The van der Waals surface area contributed by atoms with Crippen molar-refractivity contribution < 1.29 is 13.6 Å². The third-order valence-electron chi connectivity index (χ3n) is 4.37. The number of carbonyl (C=O) groups is 1. The Hall–Kier alpha value is -2.17. The standard InChI is InChI=1S/C21H30FN5O2.HI/c1-4-23-21(25-14-12-19(28)27(5-2)6-3)24-13-11-18-15-29-20(26-18)16-7-9-17(22)10-8-16;/h7-10,15H,4-6,11-14H2,1-3H3,(H2,23,24,25);1H. The summed E-state index contributed by atoms with van der Waals surface area (Å²) < 4.78 is 18.5. The van der Waals surface area contributed by atoms with E-state index < -0.39 is 0 Å². The van der Waals surface area contributed by atoms with Gasteiger partial charge in [-0.2, -0.15) is 0 Å². The molecular weight excluding hydrogens is 500 g/mol. The van der Waals surface area contributed by atoms with Crippen molar-refractivity contribution in [2.75, 3.05) is 32.7 Å². The average molecular weight is 531 g/mol. The maximum atomic E-state index is 13.0. The van der Waals surface area contributed by atoms with Crippen molar-refractivity contribution in [1.29, 1.82) is 0 Å². The van der Waals surface area contributed by atoms with Crippen molar-refractivity contribution in [2.24, 2.45) is 4.99 Å². The van der Waals surface area contributed by atoms with E-state index in [-0.39, 0.29) is 35.7 Å². The van der Waals surface area contributed by atoms with E-state index >= 15 is 0 Å². The molecule has 0 bridgehead atoms. The summed E-state index contributed by atoms with van der Waals surface area (Å²) in [5.74, 6) is 0.960. The Balaban J connectivity index is 0.00000450. The Bertz CT molecular complexity index is 791. The molecule has 0 aliphatic rings. The number of hydrogen-bond acceptors (Lipinski definition) is 4. The third-order valence-corrected chi connectivity index (χ3v) is 4.37. The fourth-order valence-corrected chi connectivity index (χ4v) is 2.80. The van der Waals surface area contributed by atoms with Crippen LogP contribution in [0.25, 0.3) is 11.5 Å². The number of rotatable bonds is 10. The Morgan fingerprint density at radius 1 is 1.17 bits per heavy atom. The molecule has 9 heteroatoms. The number of carbonyl (C=O) groups excluding carboxylic acids is 1. The number of hydrogen-bond donors (Lipinski definition) is 2. The number of guanidine groups is 1. The van der Waals surface area contributed by atoms with Crippen molar-refractivity contribution in [1.82, 2.24) is 20.5 Å². The first-order valence-electron chi connectivity index (χ1n) is 10.1. The molecule has 30 heavy (non-hydrogen) atoms. The van der Waals surface area contributed by atoms with Gasteiger partial charge < -0.3 is 20.0 Å². The van der Waals surface area contributed by atoms with Gasteiger partial charge in [0.25, 0.3) is 0 Å². The minimum Gasteiger partial charge on any atom is -0.444 e. The number of halogens is 2. The van der Waals surface area contributed by atoms with Crippen LogP contribution in [0.5, 0.6) is 0 Å². The maximum absolute atomic E-state index is 13.0. The molecule has 0 aliphatic carbocycles. The van der Waals surface area contributed by atoms with Crippen LogP contribution in [0.4, 0.5) is 4.39 Å². The first-order chi connectivity index (χ1) is 14.1. The van der Waals surface area contributed by atoms with Gasteiger partial charge in [-0.1, -0.05) is 0 Å². The van der Waals surface area contributed by atoms with Gasteiger partial charge in [0.05, 0.1) is 12.2 Å². The number of aliphatic imine (C=N–C) groups is 1. The summed E-state index contributed by atoms with van der Waals surface area (Å²) in [6.07, 6.45) is 2.64. The first-order valence-corrected chi connectivity index (χ1v) is 10.1. The molecule has 2 rings (SSSR count). The molecule has 1 amide bonds. The zero-order valence-electron chi connectivity index (χ0n) is 17.8. The van der Waals surface area contributed by atoms with Crippen molar-refractivity contribution in [2.45, 2.75) is 33.6 Å². The van der Waals surface area contributed by atoms with E-state index in [4.69, 9.17) is 4.42 Å². The molecule has 0 spiro atoms. The molecule has 0 saturated carbocycles. The largest absolute Gasteiger partial charge is 0.444 e. The normalized spacial score (nSPS) is 11.0. The molecule has 0 aliphatic heterocycles. The molecule has 0 saturated heterocycles. The highest BCUT2D eigenvalue weighted by atomic mass is 127. The molecule has 166 valence electrons. The van der Waals surface area contributed by atoms with Gasteiger partial charge in [0.2, 0.25) is 11.8 Å². The molecule has 0 fully saturated rings. The van der Waals surface area contributed by atoms with Crippen molar-refractivity contribution in [3.8, 4) is 11.5 Å². The Kier molecular flexibility index (Phi) is 12.0. The number of oxazole rings is 1. The van der Waals surface area contributed by atoms with Crippen LogP contribution in [0.3, 0.4) is 0 Å². The second-order valence-electron chi connectivity index (χ2n) is 6.40. The summed E-state index contributed by atoms with van der Waals surface area (Å²) in [4.78, 5) is 22.8. The fourth-order valence-electron chi connectivity index (χ4n) is 2.80. The highest BCUT2D eigenvalue weighted by Gasteiger charge is 2.09. The number of amides is 1. The van der Waals surface area contributed by atoms with E-state index in [0.29, 0.717) is 37.8 Å². The topological polar surface area (TPSA) is 82.8 Å². The van der Waals surface area contributed by atoms with E-state index in [9.17, 15) is 9.18 Å². The smallest absolute Gasteiger partial charge is 0.226 e. The van der Waals surface area contributed by atoms with E-state index in [1.165, 1.54) is 12.1 Å². The van der Waals surface area contributed by atoms with Crippen LogP contribution in [0.1, 0.15) is 32.9 Å². The van der Waals surface area contributed by atoms with E-state index in [2.05, 4.69) is 20.6 Å².